The third-order valence-electron chi connectivity index (χ3n) is 3.21. The number of methoxy groups -OCH3 is 1. The van der Waals surface area contributed by atoms with Crippen LogP contribution in [0.15, 0.2) is 6.20 Å². The van der Waals surface area contributed by atoms with Gasteiger partial charge in [-0.3, -0.25) is 0 Å². The van der Waals surface area contributed by atoms with Crippen LogP contribution in [0.2, 0.25) is 0 Å². The van der Waals surface area contributed by atoms with Crippen LogP contribution in [-0.2, 0) is 11.2 Å². The van der Waals surface area contributed by atoms with Crippen molar-refractivity contribution >= 4 is 11.6 Å². The van der Waals surface area contributed by atoms with E-state index in [9.17, 15) is 0 Å². The maximum absolute atomic E-state index is 5.68. The zero-order valence-electron chi connectivity index (χ0n) is 9.60. The topological polar surface area (TPSA) is 39.9 Å². The molecule has 2 atom stereocenters. The molecule has 0 saturated heterocycles. The van der Waals surface area contributed by atoms with Crippen LogP contribution in [0.3, 0.4) is 0 Å². The third kappa shape index (κ3) is 2.74. The number of hydrogen-bond donors (Lipinski definition) is 0. The summed E-state index contributed by atoms with van der Waals surface area (Å²) >= 11 is 5.68. The van der Waals surface area contributed by atoms with Crippen LogP contribution in [-0.4, -0.2) is 34.1 Å². The van der Waals surface area contributed by atoms with Gasteiger partial charge < -0.3 is 4.74 Å². The zero-order chi connectivity index (χ0) is 11.4. The number of halogens is 1. The Morgan fingerprint density at radius 2 is 2.44 bits per heavy atom. The smallest absolute Gasteiger partial charge is 0.0839 e. The summed E-state index contributed by atoms with van der Waals surface area (Å²) in [5.41, 5.74) is 0.981. The fourth-order valence-electron chi connectivity index (χ4n) is 2.28. The van der Waals surface area contributed by atoms with E-state index >= 15 is 0 Å². The molecule has 0 radical (unpaired) electrons. The summed E-state index contributed by atoms with van der Waals surface area (Å²) in [6.07, 6.45) is 7.76. The fourth-order valence-corrected chi connectivity index (χ4v) is 2.47. The van der Waals surface area contributed by atoms with Crippen molar-refractivity contribution in [2.24, 2.45) is 0 Å². The first-order chi connectivity index (χ1) is 7.83. The second-order valence-corrected chi connectivity index (χ2v) is 4.68. The Morgan fingerprint density at radius 3 is 3.19 bits per heavy atom. The van der Waals surface area contributed by atoms with E-state index in [4.69, 9.17) is 16.3 Å². The normalized spacial score (nSPS) is 25.9. The summed E-state index contributed by atoms with van der Waals surface area (Å²) in [5.74, 6) is 0.601. The van der Waals surface area contributed by atoms with Gasteiger partial charge in [0.2, 0.25) is 0 Å². The van der Waals surface area contributed by atoms with Gasteiger partial charge in [-0.25, -0.2) is 4.68 Å². The first-order valence-electron chi connectivity index (χ1n) is 5.83. The van der Waals surface area contributed by atoms with Crippen LogP contribution >= 0.6 is 11.6 Å². The van der Waals surface area contributed by atoms with Crippen molar-refractivity contribution in [3.05, 3.63) is 11.9 Å². The minimum atomic E-state index is 0.374. The van der Waals surface area contributed by atoms with Gasteiger partial charge in [0.05, 0.1) is 17.8 Å². The molecule has 1 fully saturated rings. The second-order valence-electron chi connectivity index (χ2n) is 4.31. The Hall–Kier alpha value is -0.610. The molecule has 4 nitrogen and oxygen atoms in total. The van der Waals surface area contributed by atoms with E-state index < -0.39 is 0 Å². The van der Waals surface area contributed by atoms with Crippen LogP contribution in [0.1, 0.15) is 37.4 Å². The van der Waals surface area contributed by atoms with E-state index in [2.05, 4.69) is 10.3 Å². The van der Waals surface area contributed by atoms with Gasteiger partial charge in [-0.15, -0.1) is 16.7 Å². The molecule has 0 spiro atoms. The second kappa shape index (κ2) is 5.64. The summed E-state index contributed by atoms with van der Waals surface area (Å²) in [6.45, 7) is 0. The van der Waals surface area contributed by atoms with Gasteiger partial charge in [0.25, 0.3) is 0 Å². The first-order valence-corrected chi connectivity index (χ1v) is 6.36. The summed E-state index contributed by atoms with van der Waals surface area (Å²) in [5, 5.41) is 8.30. The number of aryl methyl sites for hydroxylation is 1. The molecular formula is C11H18ClN3O. The Kier molecular flexibility index (Phi) is 4.18. The Balaban J connectivity index is 1.99. The molecule has 1 aromatic heterocycles. The predicted octanol–water partition coefficient (Wildman–Crippen LogP) is 2.19. The highest BCUT2D eigenvalue weighted by molar-refractivity contribution is 6.17. The minimum Gasteiger partial charge on any atom is -0.381 e. The van der Waals surface area contributed by atoms with Crippen molar-refractivity contribution in [1.82, 2.24) is 15.0 Å². The highest BCUT2D eigenvalue weighted by atomic mass is 35.5. The average Bonchev–Trinajstić information content (AvgIpc) is 2.78. The third-order valence-corrected chi connectivity index (χ3v) is 3.40. The minimum absolute atomic E-state index is 0.374. The van der Waals surface area contributed by atoms with Gasteiger partial charge in [-0.2, -0.15) is 0 Å². The summed E-state index contributed by atoms with van der Waals surface area (Å²) in [7, 11) is 1.79. The van der Waals surface area contributed by atoms with Crippen LogP contribution in [0.4, 0.5) is 0 Å². The Labute approximate surface area is 101 Å². The predicted molar refractivity (Wildman–Crippen MR) is 62.7 cm³/mol. The van der Waals surface area contributed by atoms with Gasteiger partial charge in [-0.05, 0) is 25.7 Å². The van der Waals surface area contributed by atoms with Gasteiger partial charge >= 0.3 is 0 Å². The molecule has 1 aliphatic rings. The molecule has 5 heteroatoms. The Bertz CT molecular complexity index is 329. The maximum atomic E-state index is 5.68. The van der Waals surface area contributed by atoms with Gasteiger partial charge in [0.15, 0.2) is 0 Å². The van der Waals surface area contributed by atoms with Gasteiger partial charge in [-0.1, -0.05) is 5.21 Å². The van der Waals surface area contributed by atoms with Crippen LogP contribution in [0.25, 0.3) is 0 Å². The number of ether oxygens (including phenoxy) is 1. The highest BCUT2D eigenvalue weighted by Crippen LogP contribution is 2.29. The van der Waals surface area contributed by atoms with Crippen molar-refractivity contribution in [3.63, 3.8) is 0 Å². The molecule has 0 aromatic carbocycles. The largest absolute Gasteiger partial charge is 0.381 e. The zero-order valence-corrected chi connectivity index (χ0v) is 10.4. The average molecular weight is 244 g/mol. The molecule has 0 N–H and O–H groups in total. The summed E-state index contributed by atoms with van der Waals surface area (Å²) in [6, 6.07) is 0.440. The molecule has 1 aliphatic carbocycles. The van der Waals surface area contributed by atoms with Crippen molar-refractivity contribution in [2.75, 3.05) is 13.0 Å². The molecule has 1 heterocycles. The highest BCUT2D eigenvalue weighted by Gasteiger charge is 2.23. The number of hydrogen-bond acceptors (Lipinski definition) is 3. The van der Waals surface area contributed by atoms with Crippen molar-refractivity contribution in [1.29, 1.82) is 0 Å². The van der Waals surface area contributed by atoms with Gasteiger partial charge in [0, 0.05) is 25.6 Å². The lowest BCUT2D eigenvalue weighted by molar-refractivity contribution is 0.0504. The molecule has 0 amide bonds. The van der Waals surface area contributed by atoms with Crippen LogP contribution in [0, 0.1) is 0 Å². The van der Waals surface area contributed by atoms with E-state index in [1.54, 1.807) is 7.11 Å². The number of aromatic nitrogens is 3. The lowest BCUT2D eigenvalue weighted by Crippen LogP contribution is -2.24. The number of nitrogens with zero attached hydrogens (tertiary/aromatic N) is 3. The lowest BCUT2D eigenvalue weighted by Gasteiger charge is -2.27. The first kappa shape index (κ1) is 11.9. The molecule has 0 bridgehead atoms. The van der Waals surface area contributed by atoms with Crippen LogP contribution in [0.5, 0.6) is 0 Å². The molecule has 1 saturated carbocycles. The molecular weight excluding hydrogens is 226 g/mol. The molecule has 16 heavy (non-hydrogen) atoms. The van der Waals surface area contributed by atoms with Crippen molar-refractivity contribution in [3.8, 4) is 0 Å². The number of alkyl halides is 1. The SMILES string of the molecule is COC1CCCC(n2cc(CCCl)nn2)C1. The van der Waals surface area contributed by atoms with Crippen LogP contribution < -0.4 is 0 Å². The molecule has 90 valence electrons. The lowest BCUT2D eigenvalue weighted by atomic mass is 9.93. The Morgan fingerprint density at radius 1 is 1.56 bits per heavy atom. The molecule has 1 aromatic rings. The fraction of sp³-hybridized carbons (Fsp3) is 0.818. The quantitative estimate of drug-likeness (QED) is 0.761. The standard InChI is InChI=1S/C11H18ClN3O/c1-16-11-4-2-3-10(7-11)15-8-9(5-6-12)13-14-15/h8,10-11H,2-7H2,1H3. The summed E-state index contributed by atoms with van der Waals surface area (Å²) in [4.78, 5) is 0. The van der Waals surface area contributed by atoms with Crippen molar-refractivity contribution in [2.45, 2.75) is 44.2 Å². The molecule has 2 unspecified atom stereocenters. The van der Waals surface area contributed by atoms with E-state index in [1.807, 2.05) is 10.9 Å². The molecule has 0 aliphatic heterocycles. The number of rotatable bonds is 4. The van der Waals surface area contributed by atoms with E-state index in [1.165, 1.54) is 12.8 Å². The summed E-state index contributed by atoms with van der Waals surface area (Å²) < 4.78 is 7.39. The maximum Gasteiger partial charge on any atom is 0.0839 e. The van der Waals surface area contributed by atoms with Crippen molar-refractivity contribution < 1.29 is 4.74 Å². The van der Waals surface area contributed by atoms with E-state index in [0.29, 0.717) is 18.0 Å². The van der Waals surface area contributed by atoms with E-state index in [-0.39, 0.29) is 0 Å². The van der Waals surface area contributed by atoms with Gasteiger partial charge in [0.1, 0.15) is 0 Å². The van der Waals surface area contributed by atoms with E-state index in [0.717, 1.165) is 25.0 Å². The monoisotopic (exact) mass is 243 g/mol. The molecule has 2 rings (SSSR count).